The van der Waals surface area contributed by atoms with Crippen LogP contribution < -0.4 is 4.90 Å². The van der Waals surface area contributed by atoms with Crippen LogP contribution in [-0.4, -0.2) is 48.3 Å². The molecule has 1 fully saturated rings. The summed E-state index contributed by atoms with van der Waals surface area (Å²) in [4.78, 5) is 20.4. The molecule has 6 heteroatoms. The first-order chi connectivity index (χ1) is 10.2. The average Bonchev–Trinajstić information content (AvgIpc) is 2.86. The molecule has 22 heavy (non-hydrogen) atoms. The number of hydrogen-bond donors (Lipinski definition) is 0. The van der Waals surface area contributed by atoms with Gasteiger partial charge >= 0.3 is 6.09 Å². The van der Waals surface area contributed by atoms with Gasteiger partial charge in [0.15, 0.2) is 0 Å². The van der Waals surface area contributed by atoms with Gasteiger partial charge in [-0.1, -0.05) is 0 Å². The normalized spacial score (nSPS) is 18.4. The first-order valence-electron chi connectivity index (χ1n) is 7.55. The maximum Gasteiger partial charge on any atom is 0.410 e. The lowest BCUT2D eigenvalue weighted by molar-refractivity contribution is 0.0288. The molecule has 0 bridgehead atoms. The molecule has 0 aliphatic carbocycles. The summed E-state index contributed by atoms with van der Waals surface area (Å²) >= 11 is 3.39. The Bertz CT molecular complexity index is 513. The highest BCUT2D eigenvalue weighted by Gasteiger charge is 2.30. The molecule has 1 aliphatic heterocycles. The number of ether oxygens (including phenoxy) is 1. The molecule has 1 amide bonds. The predicted molar refractivity (Wildman–Crippen MR) is 91.1 cm³/mol. The van der Waals surface area contributed by atoms with Gasteiger partial charge in [-0.2, -0.15) is 0 Å². The number of carbonyl (C=O) groups excluding carboxylic acids is 1. The Morgan fingerprint density at radius 3 is 2.82 bits per heavy atom. The smallest absolute Gasteiger partial charge is 0.410 e. The van der Waals surface area contributed by atoms with Crippen LogP contribution >= 0.6 is 15.9 Å². The third kappa shape index (κ3) is 4.87. The van der Waals surface area contributed by atoms with Crippen molar-refractivity contribution < 1.29 is 9.53 Å². The molecule has 5 nitrogen and oxygen atoms in total. The number of hydrogen-bond acceptors (Lipinski definition) is 4. The van der Waals surface area contributed by atoms with Crippen LogP contribution in [0.15, 0.2) is 22.8 Å². The van der Waals surface area contributed by atoms with Crippen LogP contribution in [0.3, 0.4) is 0 Å². The molecule has 1 aromatic rings. The van der Waals surface area contributed by atoms with Crippen molar-refractivity contribution in [1.82, 2.24) is 9.88 Å². The molecule has 1 aromatic heterocycles. The molecular formula is C16H24BrN3O2. The van der Waals surface area contributed by atoms with Crippen molar-refractivity contribution in [2.45, 2.75) is 32.8 Å². The van der Waals surface area contributed by atoms with E-state index in [0.717, 1.165) is 36.3 Å². The molecule has 1 unspecified atom stereocenters. The summed E-state index contributed by atoms with van der Waals surface area (Å²) in [6, 6.07) is 3.98. The van der Waals surface area contributed by atoms with Crippen LogP contribution in [0.1, 0.15) is 27.2 Å². The van der Waals surface area contributed by atoms with E-state index in [0.29, 0.717) is 5.92 Å². The SMILES string of the molecule is CN(CC1CCN(C(=O)OC(C)(C)C)C1)c1ccc(Br)cn1. The third-order valence-corrected chi connectivity index (χ3v) is 4.04. The van der Waals surface area contributed by atoms with Gasteiger partial charge in [0.05, 0.1) is 0 Å². The van der Waals surface area contributed by atoms with E-state index in [1.54, 1.807) is 11.1 Å². The monoisotopic (exact) mass is 369 g/mol. The van der Waals surface area contributed by atoms with E-state index < -0.39 is 5.60 Å². The standard InChI is InChI=1S/C16H24BrN3O2/c1-16(2,3)22-15(21)20-8-7-12(11-20)10-19(4)14-6-5-13(17)9-18-14/h5-6,9,12H,7-8,10-11H2,1-4H3. The van der Waals surface area contributed by atoms with E-state index in [9.17, 15) is 4.79 Å². The Hall–Kier alpha value is -1.30. The van der Waals surface area contributed by atoms with Crippen molar-refractivity contribution in [3.63, 3.8) is 0 Å². The van der Waals surface area contributed by atoms with E-state index in [-0.39, 0.29) is 6.09 Å². The van der Waals surface area contributed by atoms with Crippen LogP contribution in [0.2, 0.25) is 0 Å². The van der Waals surface area contributed by atoms with Crippen molar-refractivity contribution >= 4 is 27.8 Å². The topological polar surface area (TPSA) is 45.7 Å². The molecule has 122 valence electrons. The van der Waals surface area contributed by atoms with Crippen LogP contribution in [0.25, 0.3) is 0 Å². The molecule has 0 radical (unpaired) electrons. The number of aromatic nitrogens is 1. The molecule has 0 spiro atoms. The molecule has 2 heterocycles. The summed E-state index contributed by atoms with van der Waals surface area (Å²) in [6.07, 6.45) is 2.59. The van der Waals surface area contributed by atoms with Gasteiger partial charge in [0.2, 0.25) is 0 Å². The second kappa shape index (κ2) is 6.86. The summed E-state index contributed by atoms with van der Waals surface area (Å²) in [5, 5.41) is 0. The van der Waals surface area contributed by atoms with E-state index >= 15 is 0 Å². The van der Waals surface area contributed by atoms with Crippen molar-refractivity contribution in [1.29, 1.82) is 0 Å². The second-order valence-corrected chi connectivity index (χ2v) is 7.71. The van der Waals surface area contributed by atoms with Gasteiger partial charge in [0, 0.05) is 37.4 Å². The zero-order valence-corrected chi connectivity index (χ0v) is 15.3. The first kappa shape index (κ1) is 17.1. The summed E-state index contributed by atoms with van der Waals surface area (Å²) in [7, 11) is 2.03. The molecule has 1 aliphatic rings. The Balaban J connectivity index is 1.85. The minimum atomic E-state index is -0.437. The fourth-order valence-electron chi connectivity index (χ4n) is 2.55. The number of amides is 1. The zero-order chi connectivity index (χ0) is 16.3. The minimum absolute atomic E-state index is 0.209. The van der Waals surface area contributed by atoms with Crippen LogP contribution in [0, 0.1) is 5.92 Å². The molecular weight excluding hydrogens is 346 g/mol. The highest BCUT2D eigenvalue weighted by Crippen LogP contribution is 2.22. The van der Waals surface area contributed by atoms with E-state index in [1.165, 1.54) is 0 Å². The molecule has 0 saturated carbocycles. The van der Waals surface area contributed by atoms with Gasteiger partial charge in [-0.15, -0.1) is 0 Å². The fourth-order valence-corrected chi connectivity index (χ4v) is 2.78. The van der Waals surface area contributed by atoms with Gasteiger partial charge in [0.25, 0.3) is 0 Å². The van der Waals surface area contributed by atoms with Crippen molar-refractivity contribution in [2.24, 2.45) is 5.92 Å². The molecule has 1 atom stereocenters. The molecule has 0 N–H and O–H groups in total. The summed E-state index contributed by atoms with van der Waals surface area (Å²) in [5.74, 6) is 1.39. The lowest BCUT2D eigenvalue weighted by Gasteiger charge is -2.25. The van der Waals surface area contributed by atoms with Crippen LogP contribution in [-0.2, 0) is 4.74 Å². The maximum atomic E-state index is 12.1. The van der Waals surface area contributed by atoms with E-state index in [4.69, 9.17) is 4.74 Å². The summed E-state index contributed by atoms with van der Waals surface area (Å²) in [5.41, 5.74) is -0.437. The predicted octanol–water partition coefficient (Wildman–Crippen LogP) is 3.54. The van der Waals surface area contributed by atoms with Gasteiger partial charge in [-0.25, -0.2) is 9.78 Å². The maximum absolute atomic E-state index is 12.1. The average molecular weight is 370 g/mol. The van der Waals surface area contributed by atoms with Crippen molar-refractivity contribution in [3.8, 4) is 0 Å². The zero-order valence-electron chi connectivity index (χ0n) is 13.7. The highest BCUT2D eigenvalue weighted by atomic mass is 79.9. The molecule has 0 aromatic carbocycles. The van der Waals surface area contributed by atoms with Gasteiger partial charge in [-0.05, 0) is 61.2 Å². The van der Waals surface area contributed by atoms with E-state index in [2.05, 4.69) is 25.8 Å². The van der Waals surface area contributed by atoms with Crippen molar-refractivity contribution in [3.05, 3.63) is 22.8 Å². The Kier molecular flexibility index (Phi) is 5.32. The van der Waals surface area contributed by atoms with Crippen LogP contribution in [0.4, 0.5) is 10.6 Å². The van der Waals surface area contributed by atoms with Crippen LogP contribution in [0.5, 0.6) is 0 Å². The number of anilines is 1. The van der Waals surface area contributed by atoms with Gasteiger partial charge in [-0.3, -0.25) is 0 Å². The first-order valence-corrected chi connectivity index (χ1v) is 8.34. The molecule has 1 saturated heterocycles. The number of likely N-dealkylation sites (tertiary alicyclic amines) is 1. The van der Waals surface area contributed by atoms with Gasteiger partial charge < -0.3 is 14.5 Å². The summed E-state index contributed by atoms with van der Waals surface area (Å²) < 4.78 is 6.40. The summed E-state index contributed by atoms with van der Waals surface area (Å²) in [6.45, 7) is 8.08. The number of rotatable bonds is 3. The third-order valence-electron chi connectivity index (χ3n) is 3.57. The van der Waals surface area contributed by atoms with Crippen molar-refractivity contribution in [2.75, 3.05) is 31.6 Å². The number of carbonyl (C=O) groups is 1. The Morgan fingerprint density at radius 1 is 1.50 bits per heavy atom. The lowest BCUT2D eigenvalue weighted by Crippen LogP contribution is -2.36. The Morgan fingerprint density at radius 2 is 2.23 bits per heavy atom. The second-order valence-electron chi connectivity index (χ2n) is 6.80. The fraction of sp³-hybridized carbons (Fsp3) is 0.625. The van der Waals surface area contributed by atoms with Gasteiger partial charge in [0.1, 0.15) is 11.4 Å². The number of nitrogens with zero attached hydrogens (tertiary/aromatic N) is 3. The minimum Gasteiger partial charge on any atom is -0.444 e. The number of pyridine rings is 1. The largest absolute Gasteiger partial charge is 0.444 e. The Labute approximate surface area is 140 Å². The van der Waals surface area contributed by atoms with E-state index in [1.807, 2.05) is 40.0 Å². The quantitative estimate of drug-likeness (QED) is 0.817. The highest BCUT2D eigenvalue weighted by molar-refractivity contribution is 9.10. The molecule has 2 rings (SSSR count). The lowest BCUT2D eigenvalue weighted by atomic mass is 10.1. The number of halogens is 1.